The summed E-state index contributed by atoms with van der Waals surface area (Å²) >= 11 is 0. The first-order valence-electron chi connectivity index (χ1n) is 11.8. The van der Waals surface area contributed by atoms with Crippen LogP contribution in [0, 0.1) is 0 Å². The van der Waals surface area contributed by atoms with Crippen LogP contribution in [0.5, 0.6) is 17.2 Å². The molecule has 0 spiro atoms. The first-order chi connectivity index (χ1) is 17.2. The van der Waals surface area contributed by atoms with Crippen molar-refractivity contribution >= 4 is 22.6 Å². The summed E-state index contributed by atoms with van der Waals surface area (Å²) in [4.78, 5) is 19.8. The monoisotopic (exact) mass is 471 g/mol. The van der Waals surface area contributed by atoms with Crippen LogP contribution >= 0.6 is 0 Å². The SMILES string of the molecule is COc1ccc(OCCCn2c([C@H]3CC(=O)N(c4ccccc4OC)C3)nc3ccccc32)cc1. The Balaban J connectivity index is 1.33. The third-order valence-corrected chi connectivity index (χ3v) is 6.40. The fourth-order valence-corrected chi connectivity index (χ4v) is 4.69. The maximum Gasteiger partial charge on any atom is 0.227 e. The summed E-state index contributed by atoms with van der Waals surface area (Å²) in [6.45, 7) is 1.91. The van der Waals surface area contributed by atoms with Crippen LogP contribution in [-0.4, -0.2) is 42.8 Å². The smallest absolute Gasteiger partial charge is 0.227 e. The molecule has 1 fully saturated rings. The Morgan fingerprint density at radius 1 is 0.914 bits per heavy atom. The molecule has 3 aromatic carbocycles. The van der Waals surface area contributed by atoms with Gasteiger partial charge in [0.15, 0.2) is 0 Å². The summed E-state index contributed by atoms with van der Waals surface area (Å²) in [5.74, 6) is 3.35. The van der Waals surface area contributed by atoms with E-state index in [9.17, 15) is 4.79 Å². The van der Waals surface area contributed by atoms with Gasteiger partial charge in [-0.15, -0.1) is 0 Å². The van der Waals surface area contributed by atoms with Crippen molar-refractivity contribution in [3.05, 3.63) is 78.6 Å². The second-order valence-electron chi connectivity index (χ2n) is 8.57. The van der Waals surface area contributed by atoms with Gasteiger partial charge in [0.25, 0.3) is 0 Å². The molecule has 1 atom stereocenters. The number of methoxy groups -OCH3 is 2. The number of aryl methyl sites for hydroxylation is 1. The second kappa shape index (κ2) is 10.1. The Kier molecular flexibility index (Phi) is 6.57. The Morgan fingerprint density at radius 3 is 2.46 bits per heavy atom. The van der Waals surface area contributed by atoms with Gasteiger partial charge in [-0.25, -0.2) is 4.98 Å². The van der Waals surface area contributed by atoms with E-state index in [1.807, 2.05) is 71.6 Å². The third-order valence-electron chi connectivity index (χ3n) is 6.40. The number of anilines is 1. The summed E-state index contributed by atoms with van der Waals surface area (Å²) in [7, 11) is 3.28. The molecule has 1 aliphatic heterocycles. The van der Waals surface area contributed by atoms with Crippen LogP contribution in [0.1, 0.15) is 24.6 Å². The van der Waals surface area contributed by atoms with Crippen molar-refractivity contribution in [2.45, 2.75) is 25.3 Å². The molecule has 0 aliphatic carbocycles. The van der Waals surface area contributed by atoms with Gasteiger partial charge in [0.05, 0.1) is 37.5 Å². The molecule has 5 rings (SSSR count). The van der Waals surface area contributed by atoms with Crippen molar-refractivity contribution in [2.24, 2.45) is 0 Å². The van der Waals surface area contributed by atoms with E-state index in [2.05, 4.69) is 10.6 Å². The standard InChI is InChI=1S/C28H29N3O4/c1-33-21-12-14-22(15-13-21)35-17-7-16-30-24-9-4-3-8-23(24)29-28(30)20-18-27(32)31(19-20)25-10-5-6-11-26(25)34-2/h3-6,8-15,20H,7,16-19H2,1-2H3/t20-/m0/s1. The van der Waals surface area contributed by atoms with Crippen molar-refractivity contribution in [2.75, 3.05) is 32.3 Å². The van der Waals surface area contributed by atoms with Crippen molar-refractivity contribution in [1.29, 1.82) is 0 Å². The zero-order valence-corrected chi connectivity index (χ0v) is 20.0. The van der Waals surface area contributed by atoms with Gasteiger partial charge < -0.3 is 23.7 Å². The number of ether oxygens (including phenoxy) is 3. The predicted octanol–water partition coefficient (Wildman–Crippen LogP) is 5.04. The van der Waals surface area contributed by atoms with Crippen molar-refractivity contribution < 1.29 is 19.0 Å². The molecule has 35 heavy (non-hydrogen) atoms. The number of hydrogen-bond donors (Lipinski definition) is 0. The lowest BCUT2D eigenvalue weighted by atomic mass is 10.1. The number of nitrogens with zero attached hydrogens (tertiary/aromatic N) is 3. The van der Waals surface area contributed by atoms with Gasteiger partial charge in [-0.3, -0.25) is 4.79 Å². The molecule has 7 nitrogen and oxygen atoms in total. The summed E-state index contributed by atoms with van der Waals surface area (Å²) in [5.41, 5.74) is 2.83. The summed E-state index contributed by atoms with van der Waals surface area (Å²) < 4.78 is 18.9. The topological polar surface area (TPSA) is 65.8 Å². The number of fused-ring (bicyclic) bond motifs is 1. The van der Waals surface area contributed by atoms with Crippen LogP contribution in [0.25, 0.3) is 11.0 Å². The van der Waals surface area contributed by atoms with Crippen LogP contribution in [0.4, 0.5) is 5.69 Å². The maximum absolute atomic E-state index is 13.0. The molecule has 0 radical (unpaired) electrons. The highest BCUT2D eigenvalue weighted by Crippen LogP contribution is 2.37. The van der Waals surface area contributed by atoms with Gasteiger partial charge in [-0.1, -0.05) is 24.3 Å². The molecular formula is C28H29N3O4. The highest BCUT2D eigenvalue weighted by molar-refractivity contribution is 5.97. The van der Waals surface area contributed by atoms with E-state index in [1.165, 1.54) is 0 Å². The van der Waals surface area contributed by atoms with Crippen molar-refractivity contribution in [1.82, 2.24) is 9.55 Å². The van der Waals surface area contributed by atoms with Crippen LogP contribution in [0.2, 0.25) is 0 Å². The minimum absolute atomic E-state index is 0.00215. The average molecular weight is 472 g/mol. The highest BCUT2D eigenvalue weighted by atomic mass is 16.5. The summed E-state index contributed by atoms with van der Waals surface area (Å²) in [6, 6.07) is 23.4. The Hall–Kier alpha value is -4.00. The molecule has 1 aromatic heterocycles. The van der Waals surface area contributed by atoms with E-state index in [0.717, 1.165) is 47.0 Å². The molecular weight excluding hydrogens is 442 g/mol. The lowest BCUT2D eigenvalue weighted by Gasteiger charge is -2.19. The number of hydrogen-bond acceptors (Lipinski definition) is 5. The van der Waals surface area contributed by atoms with Crippen molar-refractivity contribution in [3.63, 3.8) is 0 Å². The van der Waals surface area contributed by atoms with Gasteiger partial charge in [0, 0.05) is 25.4 Å². The van der Waals surface area contributed by atoms with E-state index in [1.54, 1.807) is 14.2 Å². The molecule has 0 unspecified atom stereocenters. The fraction of sp³-hybridized carbons (Fsp3) is 0.286. The van der Waals surface area contributed by atoms with Gasteiger partial charge in [-0.2, -0.15) is 0 Å². The van der Waals surface area contributed by atoms with Crippen LogP contribution < -0.4 is 19.1 Å². The third kappa shape index (κ3) is 4.67. The number of amides is 1. The number of carbonyl (C=O) groups is 1. The van der Waals surface area contributed by atoms with Crippen LogP contribution in [-0.2, 0) is 11.3 Å². The fourth-order valence-electron chi connectivity index (χ4n) is 4.69. The molecule has 2 heterocycles. The molecule has 180 valence electrons. The highest BCUT2D eigenvalue weighted by Gasteiger charge is 2.35. The molecule has 7 heteroatoms. The van der Waals surface area contributed by atoms with Crippen LogP contribution in [0.15, 0.2) is 72.8 Å². The Labute approximate surface area is 204 Å². The number of aromatic nitrogens is 2. The zero-order chi connectivity index (χ0) is 24.2. The number of para-hydroxylation sites is 4. The van der Waals surface area contributed by atoms with Gasteiger partial charge in [0.1, 0.15) is 23.1 Å². The van der Waals surface area contributed by atoms with Crippen molar-refractivity contribution in [3.8, 4) is 17.2 Å². The number of carbonyl (C=O) groups excluding carboxylic acids is 1. The van der Waals surface area contributed by atoms with Gasteiger partial charge >= 0.3 is 0 Å². The number of benzene rings is 3. The molecule has 1 saturated heterocycles. The lowest BCUT2D eigenvalue weighted by Crippen LogP contribution is -2.25. The number of imidazole rings is 1. The molecule has 1 aliphatic rings. The zero-order valence-electron chi connectivity index (χ0n) is 20.0. The second-order valence-corrected chi connectivity index (χ2v) is 8.57. The largest absolute Gasteiger partial charge is 0.497 e. The maximum atomic E-state index is 13.0. The molecule has 0 saturated carbocycles. The Bertz CT molecular complexity index is 1320. The molecule has 0 N–H and O–H groups in total. The van der Waals surface area contributed by atoms with E-state index in [0.29, 0.717) is 25.3 Å². The van der Waals surface area contributed by atoms with E-state index in [-0.39, 0.29) is 11.8 Å². The minimum atomic E-state index is 0.00215. The van der Waals surface area contributed by atoms with E-state index < -0.39 is 0 Å². The molecule has 4 aromatic rings. The van der Waals surface area contributed by atoms with Crippen LogP contribution in [0.3, 0.4) is 0 Å². The number of rotatable bonds is 9. The summed E-state index contributed by atoms with van der Waals surface area (Å²) in [5, 5.41) is 0. The first kappa shape index (κ1) is 22.8. The average Bonchev–Trinajstić information content (AvgIpc) is 3.47. The molecule has 0 bridgehead atoms. The predicted molar refractivity (Wildman–Crippen MR) is 136 cm³/mol. The first-order valence-corrected chi connectivity index (χ1v) is 11.8. The molecule has 1 amide bonds. The van der Waals surface area contributed by atoms with E-state index in [4.69, 9.17) is 19.2 Å². The normalized spacial score (nSPS) is 15.5. The minimum Gasteiger partial charge on any atom is -0.497 e. The Morgan fingerprint density at radius 2 is 1.66 bits per heavy atom. The van der Waals surface area contributed by atoms with E-state index >= 15 is 0 Å². The summed E-state index contributed by atoms with van der Waals surface area (Å²) in [6.07, 6.45) is 1.24. The van der Waals surface area contributed by atoms with Gasteiger partial charge in [0.2, 0.25) is 5.91 Å². The van der Waals surface area contributed by atoms with Gasteiger partial charge in [-0.05, 0) is 55.0 Å². The lowest BCUT2D eigenvalue weighted by molar-refractivity contribution is -0.117. The quantitative estimate of drug-likeness (QED) is 0.320.